The summed E-state index contributed by atoms with van der Waals surface area (Å²) < 4.78 is 2.01. The normalized spacial score (nSPS) is 15.8. The third-order valence-corrected chi connectivity index (χ3v) is 5.69. The summed E-state index contributed by atoms with van der Waals surface area (Å²) in [5.41, 5.74) is 3.61. The smallest absolute Gasteiger partial charge is 0.294 e. The van der Waals surface area contributed by atoms with Crippen molar-refractivity contribution in [2.24, 2.45) is 0 Å². The monoisotopic (exact) mass is 404 g/mol. The Morgan fingerprint density at radius 2 is 1.92 bits per heavy atom. The molecule has 3 rings (SSSR count). The van der Waals surface area contributed by atoms with Crippen LogP contribution in [0.2, 0.25) is 10.0 Å². The minimum atomic E-state index is -0.364. The lowest BCUT2D eigenvalue weighted by atomic mass is 10.2. The summed E-state index contributed by atoms with van der Waals surface area (Å²) in [6, 6.07) is 7.35. The number of amides is 2. The standard InChI is InChI=1S/C19H14Cl2N2O2S/c1-4-7-22-18(24)17(26-19(22)25)9-13-8-11(2)23(12(13)3)14-5-6-15(20)16(21)10-14/h1,5-6,8-10H,7H2,2-3H3. The van der Waals surface area contributed by atoms with Gasteiger partial charge in [-0.1, -0.05) is 29.1 Å². The number of thioether (sulfide) groups is 1. The minimum absolute atomic E-state index is 0.0235. The second kappa shape index (κ2) is 7.24. The number of rotatable bonds is 3. The number of hydrogen-bond acceptors (Lipinski definition) is 3. The molecule has 1 aromatic heterocycles. The number of aryl methyl sites for hydroxylation is 1. The number of carbonyl (C=O) groups excluding carboxylic acids is 2. The highest BCUT2D eigenvalue weighted by Gasteiger charge is 2.34. The summed E-state index contributed by atoms with van der Waals surface area (Å²) in [4.78, 5) is 25.7. The topological polar surface area (TPSA) is 42.3 Å². The lowest BCUT2D eigenvalue weighted by Gasteiger charge is -2.10. The molecule has 2 amide bonds. The minimum Gasteiger partial charge on any atom is -0.318 e. The number of terminal acetylenes is 1. The van der Waals surface area contributed by atoms with Gasteiger partial charge >= 0.3 is 0 Å². The molecule has 26 heavy (non-hydrogen) atoms. The molecule has 0 atom stereocenters. The number of benzene rings is 1. The first-order valence-corrected chi connectivity index (χ1v) is 9.24. The molecule has 7 heteroatoms. The predicted molar refractivity (Wildman–Crippen MR) is 107 cm³/mol. The second-order valence-corrected chi connectivity index (χ2v) is 7.54. The molecule has 132 valence electrons. The highest BCUT2D eigenvalue weighted by Crippen LogP contribution is 2.34. The van der Waals surface area contributed by atoms with E-state index in [1.54, 1.807) is 18.2 Å². The summed E-state index contributed by atoms with van der Waals surface area (Å²) in [5, 5.41) is 0.603. The average molecular weight is 405 g/mol. The van der Waals surface area contributed by atoms with Gasteiger partial charge in [0.15, 0.2) is 0 Å². The van der Waals surface area contributed by atoms with Crippen molar-refractivity contribution in [3.8, 4) is 18.0 Å². The third kappa shape index (κ3) is 3.28. The van der Waals surface area contributed by atoms with E-state index in [1.807, 2.05) is 30.5 Å². The van der Waals surface area contributed by atoms with Gasteiger partial charge in [-0.15, -0.1) is 6.42 Å². The van der Waals surface area contributed by atoms with Crippen LogP contribution in [0.25, 0.3) is 11.8 Å². The molecule has 2 heterocycles. The van der Waals surface area contributed by atoms with Gasteiger partial charge in [0.1, 0.15) is 0 Å². The number of hydrogen-bond donors (Lipinski definition) is 0. The van der Waals surface area contributed by atoms with Crippen LogP contribution >= 0.6 is 35.0 Å². The molecule has 0 aliphatic carbocycles. The Labute approximate surface area is 165 Å². The molecular formula is C19H14Cl2N2O2S. The predicted octanol–water partition coefficient (Wildman–Crippen LogP) is 5.07. The Morgan fingerprint density at radius 3 is 2.58 bits per heavy atom. The lowest BCUT2D eigenvalue weighted by molar-refractivity contribution is -0.122. The largest absolute Gasteiger partial charge is 0.318 e. The zero-order chi connectivity index (χ0) is 19.0. The first-order valence-electron chi connectivity index (χ1n) is 7.66. The summed E-state index contributed by atoms with van der Waals surface area (Å²) in [5.74, 6) is 1.96. The Balaban J connectivity index is 2.01. The molecule has 4 nitrogen and oxygen atoms in total. The summed E-state index contributed by atoms with van der Waals surface area (Å²) >= 11 is 13.0. The SMILES string of the molecule is C#CCN1C(=O)SC(=Cc2cc(C)n(-c3ccc(Cl)c(Cl)c3)c2C)C1=O. The van der Waals surface area contributed by atoms with Crippen molar-refractivity contribution in [1.82, 2.24) is 9.47 Å². The molecule has 1 saturated heterocycles. The fraction of sp³-hybridized carbons (Fsp3) is 0.158. The molecular weight excluding hydrogens is 391 g/mol. The van der Waals surface area contributed by atoms with E-state index in [0.717, 1.165) is 39.3 Å². The van der Waals surface area contributed by atoms with Gasteiger partial charge in [0.05, 0.1) is 21.5 Å². The Morgan fingerprint density at radius 1 is 1.19 bits per heavy atom. The zero-order valence-electron chi connectivity index (χ0n) is 14.0. The van der Waals surface area contributed by atoms with Crippen LogP contribution in [-0.4, -0.2) is 27.2 Å². The molecule has 0 bridgehead atoms. The van der Waals surface area contributed by atoms with Gasteiger partial charge in [0, 0.05) is 17.1 Å². The Hall–Kier alpha value is -2.13. The van der Waals surface area contributed by atoms with Gasteiger partial charge in [-0.25, -0.2) is 0 Å². The van der Waals surface area contributed by atoms with E-state index in [1.165, 1.54) is 0 Å². The van der Waals surface area contributed by atoms with Crippen molar-refractivity contribution in [3.05, 3.63) is 56.2 Å². The van der Waals surface area contributed by atoms with Crippen molar-refractivity contribution in [1.29, 1.82) is 0 Å². The number of carbonyl (C=O) groups is 2. The van der Waals surface area contributed by atoms with Gasteiger partial charge in [-0.2, -0.15) is 0 Å². The molecule has 0 spiro atoms. The molecule has 1 aliphatic heterocycles. The van der Waals surface area contributed by atoms with E-state index in [0.29, 0.717) is 15.0 Å². The summed E-state index contributed by atoms with van der Waals surface area (Å²) in [7, 11) is 0. The van der Waals surface area contributed by atoms with Gasteiger partial charge in [-0.05, 0) is 61.5 Å². The maximum absolute atomic E-state index is 12.3. The van der Waals surface area contributed by atoms with Gasteiger partial charge < -0.3 is 4.57 Å². The molecule has 1 fully saturated rings. The van der Waals surface area contributed by atoms with Crippen LogP contribution < -0.4 is 0 Å². The molecule has 0 saturated carbocycles. The van der Waals surface area contributed by atoms with Gasteiger partial charge in [0.2, 0.25) is 0 Å². The van der Waals surface area contributed by atoms with E-state index >= 15 is 0 Å². The Bertz CT molecular complexity index is 1000. The zero-order valence-corrected chi connectivity index (χ0v) is 16.4. The molecule has 1 aliphatic rings. The van der Waals surface area contributed by atoms with Crippen LogP contribution in [0.15, 0.2) is 29.2 Å². The quantitative estimate of drug-likeness (QED) is 0.529. The van der Waals surface area contributed by atoms with Crippen molar-refractivity contribution >= 4 is 52.2 Å². The molecule has 0 N–H and O–H groups in total. The number of aromatic nitrogens is 1. The third-order valence-electron chi connectivity index (χ3n) is 4.04. The number of imide groups is 1. The average Bonchev–Trinajstić information content (AvgIpc) is 3.01. The van der Waals surface area contributed by atoms with Crippen molar-refractivity contribution in [3.63, 3.8) is 0 Å². The summed E-state index contributed by atoms with van der Waals surface area (Å²) in [6.07, 6.45) is 6.94. The van der Waals surface area contributed by atoms with Crippen LogP contribution in [0.4, 0.5) is 4.79 Å². The second-order valence-electron chi connectivity index (χ2n) is 5.73. The highest BCUT2D eigenvalue weighted by molar-refractivity contribution is 8.18. The first-order chi connectivity index (χ1) is 12.3. The van der Waals surface area contributed by atoms with Crippen molar-refractivity contribution in [2.45, 2.75) is 13.8 Å². The molecule has 1 aromatic carbocycles. The summed E-state index contributed by atoms with van der Waals surface area (Å²) in [6.45, 7) is 3.87. The fourth-order valence-corrected chi connectivity index (χ4v) is 3.95. The highest BCUT2D eigenvalue weighted by atomic mass is 35.5. The van der Waals surface area contributed by atoms with Crippen LogP contribution in [0.3, 0.4) is 0 Å². The Kier molecular flexibility index (Phi) is 5.19. The van der Waals surface area contributed by atoms with E-state index in [-0.39, 0.29) is 17.7 Å². The van der Waals surface area contributed by atoms with Crippen LogP contribution in [-0.2, 0) is 4.79 Å². The van der Waals surface area contributed by atoms with E-state index in [9.17, 15) is 9.59 Å². The van der Waals surface area contributed by atoms with E-state index in [4.69, 9.17) is 29.6 Å². The molecule has 0 unspecified atom stereocenters. The van der Waals surface area contributed by atoms with Crippen molar-refractivity contribution in [2.75, 3.05) is 6.54 Å². The van der Waals surface area contributed by atoms with E-state index in [2.05, 4.69) is 5.92 Å². The van der Waals surface area contributed by atoms with Crippen LogP contribution in [0, 0.1) is 26.2 Å². The van der Waals surface area contributed by atoms with E-state index < -0.39 is 0 Å². The number of nitrogens with zero attached hydrogens (tertiary/aromatic N) is 2. The number of halogens is 2. The van der Waals surface area contributed by atoms with Crippen LogP contribution in [0.1, 0.15) is 17.0 Å². The van der Waals surface area contributed by atoms with Gasteiger partial charge in [-0.3, -0.25) is 14.5 Å². The molecule has 0 radical (unpaired) electrons. The van der Waals surface area contributed by atoms with Crippen LogP contribution in [0.5, 0.6) is 0 Å². The maximum atomic E-state index is 12.3. The van der Waals surface area contributed by atoms with Gasteiger partial charge in [0.25, 0.3) is 11.1 Å². The van der Waals surface area contributed by atoms with Crippen molar-refractivity contribution < 1.29 is 9.59 Å². The lowest BCUT2D eigenvalue weighted by Crippen LogP contribution is -2.28. The molecule has 2 aromatic rings. The maximum Gasteiger partial charge on any atom is 0.294 e. The first kappa shape index (κ1) is 18.7. The fourth-order valence-electron chi connectivity index (χ4n) is 2.82.